The fraction of sp³-hybridized carbons (Fsp3) is 0.222. The van der Waals surface area contributed by atoms with Gasteiger partial charge in [-0.3, -0.25) is 9.98 Å². The molecule has 2 rings (SSSR count). The second-order valence-corrected chi connectivity index (χ2v) is 5.09. The predicted octanol–water partition coefficient (Wildman–Crippen LogP) is 5.03. The number of aryl methyl sites for hydroxylation is 4. The number of hydrogen-bond donors (Lipinski definition) is 0. The van der Waals surface area contributed by atoms with Crippen molar-refractivity contribution in [1.29, 1.82) is 0 Å². The molecule has 0 radical (unpaired) electrons. The molecule has 0 saturated heterocycles. The summed E-state index contributed by atoms with van der Waals surface area (Å²) in [5.74, 6) is 0. The Hall–Kier alpha value is -2.22. The lowest BCUT2D eigenvalue weighted by atomic mass is 10.1. The van der Waals surface area contributed by atoms with Gasteiger partial charge in [-0.1, -0.05) is 12.1 Å². The van der Waals surface area contributed by atoms with Gasteiger partial charge in [0.2, 0.25) is 0 Å². The van der Waals surface area contributed by atoms with Crippen LogP contribution in [0.15, 0.2) is 46.4 Å². The Kier molecular flexibility index (Phi) is 4.46. The van der Waals surface area contributed by atoms with Crippen LogP contribution in [0.2, 0.25) is 0 Å². The standard InChI is InChI=1S/C18H20N2/c1-13-5-7-17(11-15(13)3)19-9-10-20-18-8-6-14(2)16(4)12-18/h5-12H,1-4H3. The Morgan fingerprint density at radius 3 is 1.35 bits per heavy atom. The molecule has 0 bridgehead atoms. The highest BCUT2D eigenvalue weighted by molar-refractivity contribution is 6.17. The highest BCUT2D eigenvalue weighted by Gasteiger charge is 1.94. The molecule has 20 heavy (non-hydrogen) atoms. The van der Waals surface area contributed by atoms with Crippen LogP contribution in [0.25, 0.3) is 0 Å². The normalized spacial score (nSPS) is 11.6. The van der Waals surface area contributed by atoms with Gasteiger partial charge in [-0.15, -0.1) is 0 Å². The first kappa shape index (κ1) is 14.2. The third-order valence-corrected chi connectivity index (χ3v) is 3.49. The lowest BCUT2D eigenvalue weighted by Gasteiger charge is -2.00. The second kappa shape index (κ2) is 6.29. The third kappa shape index (κ3) is 3.64. The largest absolute Gasteiger partial charge is 0.255 e. The van der Waals surface area contributed by atoms with E-state index in [1.165, 1.54) is 22.3 Å². The monoisotopic (exact) mass is 264 g/mol. The van der Waals surface area contributed by atoms with Gasteiger partial charge in [0.05, 0.1) is 11.4 Å². The van der Waals surface area contributed by atoms with Gasteiger partial charge in [-0.2, -0.15) is 0 Å². The maximum absolute atomic E-state index is 4.39. The molecule has 2 heteroatoms. The molecule has 0 amide bonds. The summed E-state index contributed by atoms with van der Waals surface area (Å²) in [6.07, 6.45) is 3.47. The topological polar surface area (TPSA) is 24.7 Å². The minimum Gasteiger partial charge on any atom is -0.255 e. The van der Waals surface area contributed by atoms with E-state index < -0.39 is 0 Å². The summed E-state index contributed by atoms with van der Waals surface area (Å²) >= 11 is 0. The second-order valence-electron chi connectivity index (χ2n) is 5.09. The van der Waals surface area contributed by atoms with E-state index in [0.29, 0.717) is 0 Å². The van der Waals surface area contributed by atoms with E-state index in [-0.39, 0.29) is 0 Å². The van der Waals surface area contributed by atoms with Crippen LogP contribution in [0.5, 0.6) is 0 Å². The van der Waals surface area contributed by atoms with Gasteiger partial charge in [0.25, 0.3) is 0 Å². The quantitative estimate of drug-likeness (QED) is 0.695. The molecule has 0 N–H and O–H groups in total. The number of nitrogens with zero attached hydrogens (tertiary/aromatic N) is 2. The van der Waals surface area contributed by atoms with Crippen molar-refractivity contribution in [3.63, 3.8) is 0 Å². The Morgan fingerprint density at radius 1 is 0.600 bits per heavy atom. The van der Waals surface area contributed by atoms with Crippen LogP contribution in [0.4, 0.5) is 11.4 Å². The van der Waals surface area contributed by atoms with Crippen molar-refractivity contribution in [2.75, 3.05) is 0 Å². The minimum atomic E-state index is 0.958. The SMILES string of the molecule is Cc1ccc(N=CC=Nc2ccc(C)c(C)c2)cc1C. The third-order valence-electron chi connectivity index (χ3n) is 3.49. The van der Waals surface area contributed by atoms with Crippen molar-refractivity contribution in [3.8, 4) is 0 Å². The number of hydrogen-bond acceptors (Lipinski definition) is 2. The van der Waals surface area contributed by atoms with E-state index in [4.69, 9.17) is 0 Å². The summed E-state index contributed by atoms with van der Waals surface area (Å²) < 4.78 is 0. The Labute approximate surface area is 120 Å². The average molecular weight is 264 g/mol. The molecular formula is C18H20N2. The summed E-state index contributed by atoms with van der Waals surface area (Å²) in [5, 5.41) is 0. The van der Waals surface area contributed by atoms with Crippen molar-refractivity contribution < 1.29 is 0 Å². The molecule has 0 fully saturated rings. The van der Waals surface area contributed by atoms with Gasteiger partial charge in [0.15, 0.2) is 0 Å². The fourth-order valence-corrected chi connectivity index (χ4v) is 1.85. The maximum atomic E-state index is 4.39. The average Bonchev–Trinajstić information content (AvgIpc) is 2.42. The highest BCUT2D eigenvalue weighted by Crippen LogP contribution is 2.17. The molecule has 0 aromatic heterocycles. The number of benzene rings is 2. The molecule has 0 unspecified atom stereocenters. The van der Waals surface area contributed by atoms with Crippen LogP contribution in [0, 0.1) is 27.7 Å². The van der Waals surface area contributed by atoms with E-state index in [1.54, 1.807) is 12.4 Å². The van der Waals surface area contributed by atoms with Crippen LogP contribution in [-0.2, 0) is 0 Å². The van der Waals surface area contributed by atoms with Gasteiger partial charge in [-0.25, -0.2) is 0 Å². The molecule has 2 aromatic rings. The van der Waals surface area contributed by atoms with Crippen molar-refractivity contribution >= 4 is 23.8 Å². The fourth-order valence-electron chi connectivity index (χ4n) is 1.85. The van der Waals surface area contributed by atoms with Crippen molar-refractivity contribution in [1.82, 2.24) is 0 Å². The predicted molar refractivity (Wildman–Crippen MR) is 88.1 cm³/mol. The molecular weight excluding hydrogens is 244 g/mol. The van der Waals surface area contributed by atoms with E-state index in [1.807, 2.05) is 12.1 Å². The Morgan fingerprint density at radius 2 is 1.00 bits per heavy atom. The van der Waals surface area contributed by atoms with Crippen molar-refractivity contribution in [2.45, 2.75) is 27.7 Å². The summed E-state index contributed by atoms with van der Waals surface area (Å²) in [5.41, 5.74) is 7.00. The van der Waals surface area contributed by atoms with Gasteiger partial charge in [0.1, 0.15) is 0 Å². The molecule has 0 saturated carbocycles. The molecule has 0 aliphatic carbocycles. The molecule has 0 heterocycles. The van der Waals surface area contributed by atoms with Gasteiger partial charge >= 0.3 is 0 Å². The maximum Gasteiger partial charge on any atom is 0.0633 e. The molecule has 0 aliphatic rings. The summed E-state index contributed by atoms with van der Waals surface area (Å²) in [4.78, 5) is 8.78. The lowest BCUT2D eigenvalue weighted by molar-refractivity contribution is 1.33. The zero-order valence-electron chi connectivity index (χ0n) is 12.5. The van der Waals surface area contributed by atoms with Gasteiger partial charge < -0.3 is 0 Å². The Balaban J connectivity index is 2.06. The zero-order chi connectivity index (χ0) is 14.5. The van der Waals surface area contributed by atoms with Gasteiger partial charge in [0, 0.05) is 12.4 Å². The first-order chi connectivity index (χ1) is 9.56. The first-order valence-electron chi connectivity index (χ1n) is 6.77. The molecule has 0 atom stereocenters. The van der Waals surface area contributed by atoms with Crippen molar-refractivity contribution in [2.24, 2.45) is 9.98 Å². The van der Waals surface area contributed by atoms with E-state index in [0.717, 1.165) is 11.4 Å². The summed E-state index contributed by atoms with van der Waals surface area (Å²) in [7, 11) is 0. The van der Waals surface area contributed by atoms with Crippen LogP contribution < -0.4 is 0 Å². The van der Waals surface area contributed by atoms with Gasteiger partial charge in [-0.05, 0) is 74.2 Å². The minimum absolute atomic E-state index is 0.958. The van der Waals surface area contributed by atoms with Crippen LogP contribution in [0.1, 0.15) is 22.3 Å². The first-order valence-corrected chi connectivity index (χ1v) is 6.77. The lowest BCUT2D eigenvalue weighted by Crippen LogP contribution is -1.81. The molecule has 2 aromatic carbocycles. The highest BCUT2D eigenvalue weighted by atomic mass is 14.8. The van der Waals surface area contributed by atoms with Crippen LogP contribution in [0.3, 0.4) is 0 Å². The molecule has 2 nitrogen and oxygen atoms in total. The smallest absolute Gasteiger partial charge is 0.0633 e. The van der Waals surface area contributed by atoms with E-state index in [2.05, 4.69) is 61.9 Å². The number of aliphatic imine (C=N–C) groups is 2. The summed E-state index contributed by atoms with van der Waals surface area (Å²) in [6.45, 7) is 8.39. The van der Waals surface area contributed by atoms with E-state index in [9.17, 15) is 0 Å². The summed E-state index contributed by atoms with van der Waals surface area (Å²) in [6, 6.07) is 12.4. The molecule has 0 aliphatic heterocycles. The van der Waals surface area contributed by atoms with Crippen LogP contribution in [-0.4, -0.2) is 12.4 Å². The molecule has 0 spiro atoms. The number of rotatable bonds is 3. The zero-order valence-corrected chi connectivity index (χ0v) is 12.5. The van der Waals surface area contributed by atoms with E-state index >= 15 is 0 Å². The van der Waals surface area contributed by atoms with Crippen molar-refractivity contribution in [3.05, 3.63) is 58.7 Å². The molecule has 102 valence electrons. The van der Waals surface area contributed by atoms with Crippen LogP contribution >= 0.6 is 0 Å². The Bertz CT molecular complexity index is 608.